The molecule has 0 spiro atoms. The van der Waals surface area contributed by atoms with Gasteiger partial charge in [0.2, 0.25) is 0 Å². The summed E-state index contributed by atoms with van der Waals surface area (Å²) in [4.78, 5) is 24.8. The maximum absolute atomic E-state index is 12.9. The maximum Gasteiger partial charge on any atom is 0.319 e. The van der Waals surface area contributed by atoms with Crippen LogP contribution in [-0.2, 0) is 19.4 Å². The van der Waals surface area contributed by atoms with Crippen molar-refractivity contribution in [2.24, 2.45) is 0 Å². The summed E-state index contributed by atoms with van der Waals surface area (Å²) in [5.74, 6) is -1.10. The largest absolute Gasteiger partial charge is 0.481 e. The zero-order valence-electron chi connectivity index (χ0n) is 16.8. The first-order chi connectivity index (χ1) is 14.3. The molecule has 1 fully saturated rings. The standard InChI is InChI=1S/C21H26N2O5S2/c1-2-11-22-20(26)23-16-7-5-6-15(13-16)17-8-9-18(29-17)21(14-19(24)25)10-3-4-12-30(21,27)28/h5-9,13H,2-4,10-12,14H2,1H3,(H,24,25)(H2,22,23,26)/t21-/m0/s1. The molecular formula is C21H26N2O5S2. The lowest BCUT2D eigenvalue weighted by Crippen LogP contribution is -2.41. The molecule has 7 nitrogen and oxygen atoms in total. The van der Waals surface area contributed by atoms with Crippen LogP contribution >= 0.6 is 11.3 Å². The van der Waals surface area contributed by atoms with Crippen molar-refractivity contribution >= 4 is 38.9 Å². The van der Waals surface area contributed by atoms with Crippen LogP contribution in [0.3, 0.4) is 0 Å². The van der Waals surface area contributed by atoms with Gasteiger partial charge in [0.1, 0.15) is 4.75 Å². The summed E-state index contributed by atoms with van der Waals surface area (Å²) < 4.78 is 24.5. The van der Waals surface area contributed by atoms with Gasteiger partial charge in [-0.2, -0.15) is 0 Å². The van der Waals surface area contributed by atoms with Crippen molar-refractivity contribution in [3.05, 3.63) is 41.3 Å². The first-order valence-corrected chi connectivity index (χ1v) is 12.4. The van der Waals surface area contributed by atoms with E-state index in [2.05, 4.69) is 10.6 Å². The quantitative estimate of drug-likeness (QED) is 0.585. The van der Waals surface area contributed by atoms with E-state index in [1.807, 2.05) is 31.2 Å². The highest BCUT2D eigenvalue weighted by Gasteiger charge is 2.49. The fourth-order valence-corrected chi connectivity index (χ4v) is 7.53. The van der Waals surface area contributed by atoms with E-state index in [1.54, 1.807) is 12.1 Å². The van der Waals surface area contributed by atoms with Crippen molar-refractivity contribution < 1.29 is 23.1 Å². The van der Waals surface area contributed by atoms with Gasteiger partial charge in [-0.3, -0.25) is 4.79 Å². The lowest BCUT2D eigenvalue weighted by atomic mass is 9.95. The van der Waals surface area contributed by atoms with Crippen molar-refractivity contribution in [1.29, 1.82) is 0 Å². The highest BCUT2D eigenvalue weighted by Crippen LogP contribution is 2.47. The van der Waals surface area contributed by atoms with E-state index in [0.29, 0.717) is 36.4 Å². The van der Waals surface area contributed by atoms with Crippen LogP contribution in [0.15, 0.2) is 36.4 Å². The summed E-state index contributed by atoms with van der Waals surface area (Å²) >= 11 is 1.31. The summed E-state index contributed by atoms with van der Waals surface area (Å²) in [7, 11) is -3.57. The van der Waals surface area contributed by atoms with Crippen LogP contribution in [0.2, 0.25) is 0 Å². The van der Waals surface area contributed by atoms with Crippen molar-refractivity contribution in [3.63, 3.8) is 0 Å². The van der Waals surface area contributed by atoms with E-state index in [9.17, 15) is 23.1 Å². The number of carbonyl (C=O) groups is 2. The Morgan fingerprint density at radius 3 is 2.70 bits per heavy atom. The van der Waals surface area contributed by atoms with Gasteiger partial charge in [-0.1, -0.05) is 25.5 Å². The van der Waals surface area contributed by atoms with Crippen molar-refractivity contribution in [1.82, 2.24) is 5.32 Å². The molecule has 0 bridgehead atoms. The molecule has 1 aliphatic heterocycles. The van der Waals surface area contributed by atoms with Crippen LogP contribution in [0, 0.1) is 0 Å². The molecule has 1 atom stereocenters. The minimum absolute atomic E-state index is 0.0137. The van der Waals surface area contributed by atoms with Crippen molar-refractivity contribution in [3.8, 4) is 10.4 Å². The minimum Gasteiger partial charge on any atom is -0.481 e. The van der Waals surface area contributed by atoms with Gasteiger partial charge in [-0.15, -0.1) is 11.3 Å². The Morgan fingerprint density at radius 2 is 2.00 bits per heavy atom. The Morgan fingerprint density at radius 1 is 1.20 bits per heavy atom. The molecule has 2 heterocycles. The third-order valence-electron chi connectivity index (χ3n) is 5.27. The number of thiophene rings is 1. The second kappa shape index (κ2) is 9.18. The van der Waals surface area contributed by atoms with E-state index in [0.717, 1.165) is 16.9 Å². The van der Waals surface area contributed by atoms with E-state index >= 15 is 0 Å². The molecule has 1 aliphatic rings. The predicted molar refractivity (Wildman–Crippen MR) is 119 cm³/mol. The van der Waals surface area contributed by atoms with E-state index in [1.165, 1.54) is 11.3 Å². The number of aliphatic carboxylic acids is 1. The Bertz CT molecular complexity index is 1030. The van der Waals surface area contributed by atoms with Crippen LogP contribution < -0.4 is 10.6 Å². The summed E-state index contributed by atoms with van der Waals surface area (Å²) in [5, 5.41) is 15.0. The van der Waals surface area contributed by atoms with E-state index < -0.39 is 27.0 Å². The van der Waals surface area contributed by atoms with Gasteiger partial charge in [0.15, 0.2) is 9.84 Å². The van der Waals surface area contributed by atoms with Gasteiger partial charge in [0, 0.05) is 22.0 Å². The second-order valence-electron chi connectivity index (χ2n) is 7.47. The van der Waals surface area contributed by atoms with Gasteiger partial charge >= 0.3 is 12.0 Å². The average molecular weight is 451 g/mol. The highest BCUT2D eigenvalue weighted by molar-refractivity contribution is 7.92. The first-order valence-electron chi connectivity index (χ1n) is 9.97. The van der Waals surface area contributed by atoms with E-state index in [-0.39, 0.29) is 11.8 Å². The zero-order chi connectivity index (χ0) is 21.8. The Kier molecular flexibility index (Phi) is 6.82. The fraction of sp³-hybridized carbons (Fsp3) is 0.429. The molecule has 1 aromatic carbocycles. The number of rotatable bonds is 7. The van der Waals surface area contributed by atoms with Crippen LogP contribution in [0.5, 0.6) is 0 Å². The van der Waals surface area contributed by atoms with Crippen molar-refractivity contribution in [2.75, 3.05) is 17.6 Å². The van der Waals surface area contributed by atoms with Gasteiger partial charge in [-0.25, -0.2) is 13.2 Å². The number of amides is 2. The molecule has 0 radical (unpaired) electrons. The molecule has 2 aromatic rings. The lowest BCUT2D eigenvalue weighted by Gasteiger charge is -2.34. The fourth-order valence-electron chi connectivity index (χ4n) is 3.76. The van der Waals surface area contributed by atoms with E-state index in [4.69, 9.17) is 0 Å². The summed E-state index contributed by atoms with van der Waals surface area (Å²) in [5.41, 5.74) is 1.46. The molecule has 0 aliphatic carbocycles. The Labute approximate surface area is 180 Å². The number of anilines is 1. The maximum atomic E-state index is 12.9. The molecular weight excluding hydrogens is 424 g/mol. The first kappa shape index (κ1) is 22.3. The molecule has 9 heteroatoms. The number of carbonyl (C=O) groups excluding carboxylic acids is 1. The number of carboxylic acids is 1. The number of urea groups is 1. The normalized spacial score (nSPS) is 20.4. The summed E-state index contributed by atoms with van der Waals surface area (Å²) in [6, 6.07) is 10.6. The number of sulfone groups is 1. The van der Waals surface area contributed by atoms with Gasteiger partial charge < -0.3 is 15.7 Å². The molecule has 3 rings (SSSR count). The number of benzene rings is 1. The number of hydrogen-bond acceptors (Lipinski definition) is 5. The molecule has 1 aromatic heterocycles. The SMILES string of the molecule is CCCNC(=O)Nc1cccc(-c2ccc([C@@]3(CC(=O)O)CCCCS3(=O)=O)s2)c1. The highest BCUT2D eigenvalue weighted by atomic mass is 32.2. The smallest absolute Gasteiger partial charge is 0.319 e. The molecule has 0 unspecified atom stereocenters. The van der Waals surface area contributed by atoms with Gasteiger partial charge in [0.25, 0.3) is 0 Å². The van der Waals surface area contributed by atoms with Gasteiger partial charge in [-0.05, 0) is 49.1 Å². The predicted octanol–water partition coefficient (Wildman–Crippen LogP) is 4.22. The average Bonchev–Trinajstić information content (AvgIpc) is 3.18. The summed E-state index contributed by atoms with van der Waals surface area (Å²) in [6.07, 6.45) is 1.99. The molecule has 30 heavy (non-hydrogen) atoms. The number of nitrogens with one attached hydrogen (secondary N) is 2. The van der Waals surface area contributed by atoms with Crippen molar-refractivity contribution in [2.45, 2.75) is 43.8 Å². The van der Waals surface area contributed by atoms with Crippen LogP contribution in [-0.4, -0.2) is 37.8 Å². The van der Waals surface area contributed by atoms with Gasteiger partial charge in [0.05, 0.1) is 12.2 Å². The number of carboxylic acid groups (broad SMARTS) is 1. The topological polar surface area (TPSA) is 113 Å². The molecule has 162 valence electrons. The van der Waals surface area contributed by atoms with Crippen LogP contribution in [0.25, 0.3) is 10.4 Å². The number of hydrogen-bond donors (Lipinski definition) is 3. The second-order valence-corrected chi connectivity index (χ2v) is 11.0. The molecule has 3 N–H and O–H groups in total. The van der Waals surface area contributed by atoms with Crippen LogP contribution in [0.1, 0.15) is 43.9 Å². The van der Waals surface area contributed by atoms with Crippen LogP contribution in [0.4, 0.5) is 10.5 Å². The Balaban J connectivity index is 1.91. The zero-order valence-corrected chi connectivity index (χ0v) is 18.4. The Hall–Kier alpha value is -2.39. The molecule has 0 saturated carbocycles. The third kappa shape index (κ3) is 4.67. The minimum atomic E-state index is -3.57. The lowest BCUT2D eigenvalue weighted by molar-refractivity contribution is -0.137. The monoisotopic (exact) mass is 450 g/mol. The summed E-state index contributed by atoms with van der Waals surface area (Å²) in [6.45, 7) is 2.55. The molecule has 2 amide bonds. The third-order valence-corrected chi connectivity index (χ3v) is 9.32. The molecule has 1 saturated heterocycles.